The molecular weight excluding hydrogens is 428 g/mol. The fraction of sp³-hybridized carbons (Fsp3) is 0.0870. The number of nitrogens with two attached hydrogens (primary N) is 2. The van der Waals surface area contributed by atoms with E-state index in [2.05, 4.69) is 20.9 Å². The topological polar surface area (TPSA) is 112 Å². The average molecular weight is 449 g/mol. The quantitative estimate of drug-likeness (QED) is 0.170. The molecule has 0 saturated carbocycles. The van der Waals surface area contributed by atoms with Crippen LogP contribution >= 0.6 is 15.9 Å². The zero-order chi connectivity index (χ0) is 20.7. The van der Waals surface area contributed by atoms with E-state index in [1.54, 1.807) is 0 Å². The number of amidine groups is 1. The number of anilines is 1. The first-order valence-electron chi connectivity index (χ1n) is 9.16. The van der Waals surface area contributed by atoms with Gasteiger partial charge in [-0.15, -0.1) is 0 Å². The third-order valence-corrected chi connectivity index (χ3v) is 5.63. The number of halogens is 1. The predicted molar refractivity (Wildman–Crippen MR) is 123 cm³/mol. The Morgan fingerprint density at radius 2 is 1.93 bits per heavy atom. The number of nitrogens with one attached hydrogen (secondary N) is 2. The van der Waals surface area contributed by atoms with Crippen LogP contribution in [0.15, 0.2) is 59.1 Å². The van der Waals surface area contributed by atoms with E-state index in [9.17, 15) is 5.11 Å². The summed E-state index contributed by atoms with van der Waals surface area (Å²) in [6, 6.07) is 17.3. The number of aromatic hydroxyl groups is 1. The van der Waals surface area contributed by atoms with Crippen molar-refractivity contribution in [2.45, 2.75) is 13.3 Å². The molecule has 7 N–H and O–H groups in total. The third-order valence-electron chi connectivity index (χ3n) is 5.03. The molecule has 0 unspecified atom stereocenters. The minimum absolute atomic E-state index is 0.0192. The van der Waals surface area contributed by atoms with Gasteiger partial charge in [0, 0.05) is 34.1 Å². The van der Waals surface area contributed by atoms with Crippen LogP contribution in [-0.2, 0) is 6.42 Å². The molecule has 6 heteroatoms. The minimum Gasteiger partial charge on any atom is -0.506 e. The number of rotatable bonds is 4. The summed E-state index contributed by atoms with van der Waals surface area (Å²) in [7, 11) is 0. The van der Waals surface area contributed by atoms with Gasteiger partial charge in [-0.1, -0.05) is 12.1 Å². The fourth-order valence-electron chi connectivity index (χ4n) is 3.66. The van der Waals surface area contributed by atoms with Gasteiger partial charge < -0.3 is 21.6 Å². The molecule has 0 aliphatic heterocycles. The highest BCUT2D eigenvalue weighted by atomic mass is 79.9. The molecule has 146 valence electrons. The number of phenols is 1. The number of nitrogen functional groups attached to an aromatic ring is 2. The van der Waals surface area contributed by atoms with Crippen molar-refractivity contribution < 1.29 is 5.11 Å². The molecule has 0 radical (unpaired) electrons. The van der Waals surface area contributed by atoms with Gasteiger partial charge in [0.2, 0.25) is 0 Å². The van der Waals surface area contributed by atoms with Crippen LogP contribution in [-0.4, -0.2) is 15.9 Å². The molecule has 0 amide bonds. The van der Waals surface area contributed by atoms with E-state index in [-0.39, 0.29) is 11.6 Å². The van der Waals surface area contributed by atoms with Crippen molar-refractivity contribution in [3.63, 3.8) is 0 Å². The van der Waals surface area contributed by atoms with Crippen LogP contribution in [0.1, 0.15) is 22.3 Å². The lowest BCUT2D eigenvalue weighted by atomic mass is 9.96. The van der Waals surface area contributed by atoms with E-state index < -0.39 is 0 Å². The van der Waals surface area contributed by atoms with E-state index >= 15 is 0 Å². The van der Waals surface area contributed by atoms with Gasteiger partial charge in [0.15, 0.2) is 0 Å². The zero-order valence-electron chi connectivity index (χ0n) is 15.9. The second-order valence-electron chi connectivity index (χ2n) is 7.22. The second-order valence-corrected chi connectivity index (χ2v) is 8.07. The van der Waals surface area contributed by atoms with Gasteiger partial charge in [-0.2, -0.15) is 0 Å². The van der Waals surface area contributed by atoms with Crippen LogP contribution in [0.25, 0.3) is 22.2 Å². The van der Waals surface area contributed by atoms with Gasteiger partial charge in [-0.05, 0) is 82.0 Å². The molecule has 3 aromatic carbocycles. The van der Waals surface area contributed by atoms with Crippen molar-refractivity contribution in [1.29, 1.82) is 5.41 Å². The largest absolute Gasteiger partial charge is 0.506 e. The Bertz CT molecular complexity index is 1260. The molecule has 5 nitrogen and oxygen atoms in total. The maximum absolute atomic E-state index is 10.7. The van der Waals surface area contributed by atoms with Gasteiger partial charge in [0.25, 0.3) is 0 Å². The SMILES string of the molecule is Cc1cc(Br)c(O)c(-c2[nH]c3ccc(C(=N)N)cc3c2Cc2cccc(N)c2)c1. The summed E-state index contributed by atoms with van der Waals surface area (Å²) < 4.78 is 0.644. The van der Waals surface area contributed by atoms with Crippen molar-refractivity contribution in [2.75, 3.05) is 5.73 Å². The number of hydrogen-bond acceptors (Lipinski definition) is 3. The first-order chi connectivity index (χ1) is 13.8. The highest BCUT2D eigenvalue weighted by Crippen LogP contribution is 2.41. The molecule has 0 bridgehead atoms. The van der Waals surface area contributed by atoms with E-state index in [0.29, 0.717) is 22.1 Å². The van der Waals surface area contributed by atoms with Crippen LogP contribution in [0.2, 0.25) is 0 Å². The van der Waals surface area contributed by atoms with Crippen LogP contribution in [0.5, 0.6) is 5.75 Å². The van der Waals surface area contributed by atoms with Gasteiger partial charge >= 0.3 is 0 Å². The summed E-state index contributed by atoms with van der Waals surface area (Å²) in [5, 5.41) is 19.5. The number of aryl methyl sites for hydroxylation is 1. The number of fused-ring (bicyclic) bond motifs is 1. The van der Waals surface area contributed by atoms with Crippen molar-refractivity contribution in [3.8, 4) is 17.0 Å². The maximum Gasteiger partial charge on any atom is 0.139 e. The maximum atomic E-state index is 10.7. The Kier molecular flexibility index (Phi) is 4.80. The number of benzene rings is 3. The molecule has 0 saturated heterocycles. The van der Waals surface area contributed by atoms with Crippen molar-refractivity contribution in [1.82, 2.24) is 4.98 Å². The lowest BCUT2D eigenvalue weighted by Crippen LogP contribution is -2.10. The van der Waals surface area contributed by atoms with Crippen molar-refractivity contribution in [2.24, 2.45) is 5.73 Å². The normalized spacial score (nSPS) is 11.1. The summed E-state index contributed by atoms with van der Waals surface area (Å²) in [5.41, 5.74) is 18.6. The molecule has 0 fully saturated rings. The van der Waals surface area contributed by atoms with E-state index in [0.717, 1.165) is 38.9 Å². The molecular formula is C23H21BrN4O. The number of H-pyrrole nitrogens is 1. The predicted octanol–water partition coefficient (Wildman–Crippen LogP) is 5.07. The smallest absolute Gasteiger partial charge is 0.139 e. The molecule has 29 heavy (non-hydrogen) atoms. The Hall–Kier alpha value is -3.25. The van der Waals surface area contributed by atoms with Gasteiger partial charge in [0.1, 0.15) is 11.6 Å². The minimum atomic E-state index is 0.0192. The lowest BCUT2D eigenvalue weighted by Gasteiger charge is -2.11. The van der Waals surface area contributed by atoms with Crippen LogP contribution in [0.4, 0.5) is 5.69 Å². The van der Waals surface area contributed by atoms with E-state index in [4.69, 9.17) is 16.9 Å². The van der Waals surface area contributed by atoms with Crippen molar-refractivity contribution in [3.05, 3.63) is 81.3 Å². The number of hydrogen-bond donors (Lipinski definition) is 5. The molecule has 1 aromatic heterocycles. The molecule has 1 heterocycles. The molecule has 4 aromatic rings. The third kappa shape index (κ3) is 3.59. The molecule has 0 atom stereocenters. The van der Waals surface area contributed by atoms with Gasteiger partial charge in [0.05, 0.1) is 10.2 Å². The monoisotopic (exact) mass is 448 g/mol. The summed E-state index contributed by atoms with van der Waals surface area (Å²) >= 11 is 3.44. The van der Waals surface area contributed by atoms with Gasteiger partial charge in [-0.3, -0.25) is 5.41 Å². The van der Waals surface area contributed by atoms with Crippen LogP contribution in [0.3, 0.4) is 0 Å². The van der Waals surface area contributed by atoms with E-state index in [1.165, 1.54) is 0 Å². The first kappa shape index (κ1) is 19.1. The lowest BCUT2D eigenvalue weighted by molar-refractivity contribution is 0.473. The zero-order valence-corrected chi connectivity index (χ0v) is 17.5. The fourth-order valence-corrected chi connectivity index (χ4v) is 4.24. The van der Waals surface area contributed by atoms with Crippen LogP contribution < -0.4 is 11.5 Å². The Morgan fingerprint density at radius 1 is 1.14 bits per heavy atom. The highest BCUT2D eigenvalue weighted by Gasteiger charge is 2.19. The van der Waals surface area contributed by atoms with Gasteiger partial charge in [-0.25, -0.2) is 0 Å². The summed E-state index contributed by atoms with van der Waals surface area (Å²) in [6.07, 6.45) is 0.618. The summed E-state index contributed by atoms with van der Waals surface area (Å²) in [6.45, 7) is 1.99. The second kappa shape index (κ2) is 7.29. The Labute approximate surface area is 177 Å². The molecule has 0 spiro atoms. The molecule has 0 aliphatic rings. The summed E-state index contributed by atoms with van der Waals surface area (Å²) in [5.74, 6) is 0.202. The number of phenolic OH excluding ortho intramolecular Hbond substituents is 1. The standard InChI is InChI=1S/C23H21BrN4O/c1-12-7-18(22(29)19(24)8-12)21-17(10-13-3-2-4-15(25)9-13)16-11-14(23(26)27)5-6-20(16)28-21/h2-9,11,28-29H,10,25H2,1H3,(H3,26,27). The number of aromatic nitrogens is 1. The first-order valence-corrected chi connectivity index (χ1v) is 9.95. The highest BCUT2D eigenvalue weighted by molar-refractivity contribution is 9.10. The van der Waals surface area contributed by atoms with Crippen LogP contribution in [0, 0.1) is 12.3 Å². The summed E-state index contributed by atoms with van der Waals surface area (Å²) in [4.78, 5) is 3.45. The Morgan fingerprint density at radius 3 is 2.66 bits per heavy atom. The number of aromatic amines is 1. The van der Waals surface area contributed by atoms with Crippen molar-refractivity contribution >= 4 is 38.4 Å². The molecule has 0 aliphatic carbocycles. The Balaban J connectivity index is 2.00. The average Bonchev–Trinajstić information content (AvgIpc) is 3.02. The molecule has 4 rings (SSSR count). The van der Waals surface area contributed by atoms with E-state index in [1.807, 2.05) is 61.5 Å².